The summed E-state index contributed by atoms with van der Waals surface area (Å²) in [5.74, 6) is 0.682. The minimum Gasteiger partial charge on any atom is -0.496 e. The first kappa shape index (κ1) is 18.0. The molecule has 2 heterocycles. The van der Waals surface area contributed by atoms with E-state index in [1.807, 2.05) is 11.4 Å². The molecule has 0 aliphatic rings. The van der Waals surface area contributed by atoms with Gasteiger partial charge in [0.15, 0.2) is 0 Å². The van der Waals surface area contributed by atoms with E-state index in [1.54, 1.807) is 13.2 Å². The molecule has 0 unspecified atom stereocenters. The van der Waals surface area contributed by atoms with Crippen LogP contribution in [0.1, 0.15) is 12.0 Å². The van der Waals surface area contributed by atoms with Crippen molar-refractivity contribution in [3.63, 3.8) is 0 Å². The van der Waals surface area contributed by atoms with Crippen LogP contribution in [0.15, 0.2) is 46.6 Å². The zero-order valence-electron chi connectivity index (χ0n) is 14.8. The average Bonchev–Trinajstić information content (AvgIpc) is 3.18. The van der Waals surface area contributed by atoms with Crippen molar-refractivity contribution >= 4 is 43.9 Å². The predicted molar refractivity (Wildman–Crippen MR) is 114 cm³/mol. The largest absolute Gasteiger partial charge is 0.496 e. The van der Waals surface area contributed by atoms with Gasteiger partial charge in [-0.25, -0.2) is 0 Å². The van der Waals surface area contributed by atoms with Crippen molar-refractivity contribution in [2.75, 3.05) is 13.7 Å². The molecule has 0 saturated heterocycles. The highest BCUT2D eigenvalue weighted by atomic mass is 35.5. The molecule has 0 amide bonds. The molecule has 2 aromatic heterocycles. The Kier molecular flexibility index (Phi) is 4.91. The third-order valence-electron chi connectivity index (χ3n) is 4.75. The number of benzene rings is 2. The van der Waals surface area contributed by atoms with Gasteiger partial charge in [-0.15, -0.1) is 11.3 Å². The van der Waals surface area contributed by atoms with Crippen LogP contribution in [-0.2, 0) is 6.42 Å². The molecular weight excluding hydrogens is 380 g/mol. The number of nitrogens with one attached hydrogen (secondary N) is 1. The smallest absolute Gasteiger partial charge is 0.266 e. The molecule has 2 aromatic carbocycles. The number of halogens is 1. The lowest BCUT2D eigenvalue weighted by Crippen LogP contribution is -2.05. The predicted octanol–water partition coefficient (Wildman–Crippen LogP) is 4.96. The normalized spacial score (nSPS) is 11.4. The van der Waals surface area contributed by atoms with Crippen LogP contribution in [0.25, 0.3) is 32.1 Å². The highest BCUT2D eigenvalue weighted by molar-refractivity contribution is 7.17. The third-order valence-corrected chi connectivity index (χ3v) is 5.97. The minimum atomic E-state index is -0.123. The van der Waals surface area contributed by atoms with Crippen molar-refractivity contribution in [1.82, 2.24) is 4.98 Å². The van der Waals surface area contributed by atoms with E-state index in [-0.39, 0.29) is 5.56 Å². The molecule has 4 rings (SSSR count). The van der Waals surface area contributed by atoms with Crippen LogP contribution in [0.3, 0.4) is 0 Å². The summed E-state index contributed by atoms with van der Waals surface area (Å²) in [4.78, 5) is 15.3. The first-order chi connectivity index (χ1) is 13.1. The Labute approximate surface area is 165 Å². The first-order valence-electron chi connectivity index (χ1n) is 8.73. The molecule has 0 radical (unpaired) electrons. The van der Waals surface area contributed by atoms with Gasteiger partial charge in [-0.05, 0) is 42.0 Å². The number of nitrogens with two attached hydrogens (primary N) is 1. The molecule has 0 saturated carbocycles. The zero-order chi connectivity index (χ0) is 19.0. The maximum atomic E-state index is 12.4. The molecule has 0 fully saturated rings. The molecule has 0 bridgehead atoms. The lowest BCUT2D eigenvalue weighted by Gasteiger charge is -2.15. The summed E-state index contributed by atoms with van der Waals surface area (Å²) in [5, 5.41) is 4.19. The second-order valence-corrected chi connectivity index (χ2v) is 7.72. The zero-order valence-corrected chi connectivity index (χ0v) is 16.4. The Bertz CT molecular complexity index is 1180. The number of fused-ring (bicyclic) bond motifs is 3. The number of pyridine rings is 1. The molecule has 4 aromatic rings. The van der Waals surface area contributed by atoms with Crippen molar-refractivity contribution in [2.24, 2.45) is 5.73 Å². The van der Waals surface area contributed by atoms with E-state index in [0.717, 1.165) is 34.7 Å². The Hall–Kier alpha value is -2.34. The van der Waals surface area contributed by atoms with Gasteiger partial charge in [-0.2, -0.15) is 0 Å². The summed E-state index contributed by atoms with van der Waals surface area (Å²) in [6, 6.07) is 12.1. The van der Waals surface area contributed by atoms with Crippen molar-refractivity contribution in [3.8, 4) is 16.9 Å². The molecule has 0 atom stereocenters. The van der Waals surface area contributed by atoms with Crippen LogP contribution in [0.4, 0.5) is 0 Å². The fraction of sp³-hybridized carbons (Fsp3) is 0.190. The van der Waals surface area contributed by atoms with E-state index >= 15 is 0 Å². The van der Waals surface area contributed by atoms with Gasteiger partial charge in [0.05, 0.1) is 17.6 Å². The Morgan fingerprint density at radius 3 is 2.70 bits per heavy atom. The number of hydrogen-bond donors (Lipinski definition) is 2. The number of ether oxygens (including phenoxy) is 1. The number of H-pyrrole nitrogens is 1. The number of rotatable bonds is 5. The van der Waals surface area contributed by atoms with Gasteiger partial charge in [0.2, 0.25) is 0 Å². The van der Waals surface area contributed by atoms with E-state index in [2.05, 4.69) is 29.2 Å². The molecule has 138 valence electrons. The van der Waals surface area contributed by atoms with Crippen LogP contribution >= 0.6 is 22.9 Å². The van der Waals surface area contributed by atoms with Crippen molar-refractivity contribution < 1.29 is 4.74 Å². The number of methoxy groups -OCH3 is 1. The van der Waals surface area contributed by atoms with Crippen molar-refractivity contribution in [3.05, 3.63) is 62.7 Å². The monoisotopic (exact) mass is 398 g/mol. The highest BCUT2D eigenvalue weighted by Crippen LogP contribution is 2.43. The van der Waals surface area contributed by atoms with Crippen LogP contribution in [0, 0.1) is 0 Å². The van der Waals surface area contributed by atoms with Gasteiger partial charge in [-0.1, -0.05) is 35.9 Å². The first-order valence-corrected chi connectivity index (χ1v) is 9.99. The van der Waals surface area contributed by atoms with Crippen LogP contribution in [-0.4, -0.2) is 18.6 Å². The van der Waals surface area contributed by atoms with Crippen LogP contribution in [0.2, 0.25) is 5.02 Å². The lowest BCUT2D eigenvalue weighted by molar-refractivity contribution is 0.417. The van der Waals surface area contributed by atoms with Gasteiger partial charge < -0.3 is 15.5 Å². The molecule has 0 aliphatic carbocycles. The molecule has 3 N–H and O–H groups in total. The van der Waals surface area contributed by atoms with Gasteiger partial charge in [-0.3, -0.25) is 4.79 Å². The third kappa shape index (κ3) is 3.12. The second-order valence-electron chi connectivity index (χ2n) is 6.39. The van der Waals surface area contributed by atoms with E-state index in [1.165, 1.54) is 16.9 Å². The summed E-state index contributed by atoms with van der Waals surface area (Å²) in [7, 11) is 1.63. The van der Waals surface area contributed by atoms with E-state index in [9.17, 15) is 4.79 Å². The quantitative estimate of drug-likeness (QED) is 0.499. The standard InChI is InChI=1S/C21H19ClN2O2S/c1-26-16-11-15(22)19-18(14-8-10-27-20(14)21(25)24-19)17(16)13-6-4-12(5-7-13)3-2-9-23/h4-8,10-11H,2-3,9,23H2,1H3,(H,24,25). The minimum absolute atomic E-state index is 0.123. The fourth-order valence-corrected chi connectivity index (χ4v) is 4.50. The van der Waals surface area contributed by atoms with E-state index < -0.39 is 0 Å². The summed E-state index contributed by atoms with van der Waals surface area (Å²) in [6.07, 6.45) is 1.92. The number of hydrogen-bond acceptors (Lipinski definition) is 4. The Balaban J connectivity index is 2.02. The Morgan fingerprint density at radius 1 is 1.22 bits per heavy atom. The Morgan fingerprint density at radius 2 is 2.00 bits per heavy atom. The number of aromatic amines is 1. The average molecular weight is 399 g/mol. The summed E-state index contributed by atoms with van der Waals surface area (Å²) in [6.45, 7) is 0.681. The lowest BCUT2D eigenvalue weighted by atomic mass is 9.96. The SMILES string of the molecule is COc1cc(Cl)c2[nH]c(=O)c3sccc3c2c1-c1ccc(CCCN)cc1. The van der Waals surface area contributed by atoms with Gasteiger partial charge in [0.25, 0.3) is 5.56 Å². The number of aryl methyl sites for hydroxylation is 1. The van der Waals surface area contributed by atoms with Gasteiger partial charge in [0, 0.05) is 22.4 Å². The van der Waals surface area contributed by atoms with E-state index in [0.29, 0.717) is 27.5 Å². The molecule has 27 heavy (non-hydrogen) atoms. The molecule has 4 nitrogen and oxygen atoms in total. The van der Waals surface area contributed by atoms with Crippen LogP contribution in [0.5, 0.6) is 5.75 Å². The molecular formula is C21H19ClN2O2S. The van der Waals surface area contributed by atoms with E-state index in [4.69, 9.17) is 22.1 Å². The number of aromatic nitrogens is 1. The van der Waals surface area contributed by atoms with Gasteiger partial charge in [0.1, 0.15) is 10.4 Å². The maximum absolute atomic E-state index is 12.4. The maximum Gasteiger partial charge on any atom is 0.266 e. The number of thiophene rings is 1. The van der Waals surface area contributed by atoms with Crippen LogP contribution < -0.4 is 16.0 Å². The second kappa shape index (κ2) is 7.35. The summed E-state index contributed by atoms with van der Waals surface area (Å²) < 4.78 is 6.34. The molecule has 0 aliphatic heterocycles. The summed E-state index contributed by atoms with van der Waals surface area (Å²) in [5.41, 5.74) is 9.32. The molecule has 6 heteroatoms. The van der Waals surface area contributed by atoms with Crippen molar-refractivity contribution in [1.29, 1.82) is 0 Å². The fourth-order valence-electron chi connectivity index (χ4n) is 3.46. The van der Waals surface area contributed by atoms with Crippen molar-refractivity contribution in [2.45, 2.75) is 12.8 Å². The summed E-state index contributed by atoms with van der Waals surface area (Å²) >= 11 is 7.89. The van der Waals surface area contributed by atoms with Gasteiger partial charge >= 0.3 is 0 Å². The molecule has 0 spiro atoms. The highest BCUT2D eigenvalue weighted by Gasteiger charge is 2.18. The topological polar surface area (TPSA) is 68.1 Å².